The predicted molar refractivity (Wildman–Crippen MR) is 75.3 cm³/mol. The highest BCUT2D eigenvalue weighted by Crippen LogP contribution is 2.16. The summed E-state index contributed by atoms with van der Waals surface area (Å²) in [6.45, 7) is 6.31. The lowest BCUT2D eigenvalue weighted by molar-refractivity contribution is -0.121. The Kier molecular flexibility index (Phi) is 3.44. The van der Waals surface area contributed by atoms with Crippen molar-refractivity contribution in [1.82, 2.24) is 15.3 Å². The summed E-state index contributed by atoms with van der Waals surface area (Å²) in [4.78, 5) is 28.6. The summed E-state index contributed by atoms with van der Waals surface area (Å²) in [5, 5.41) is 5.94. The normalized spacial score (nSPS) is 11.7. The zero-order valence-corrected chi connectivity index (χ0v) is 11.3. The van der Waals surface area contributed by atoms with Crippen molar-refractivity contribution in [2.75, 3.05) is 11.9 Å². The van der Waals surface area contributed by atoms with Crippen molar-refractivity contribution in [3.05, 3.63) is 28.7 Å². The molecule has 0 atom stereocenters. The second kappa shape index (κ2) is 4.89. The van der Waals surface area contributed by atoms with Crippen LogP contribution in [0.4, 0.5) is 5.69 Å². The van der Waals surface area contributed by atoms with Gasteiger partial charge in [0, 0.05) is 5.69 Å². The van der Waals surface area contributed by atoms with E-state index in [1.54, 1.807) is 18.2 Å². The molecule has 1 aromatic carbocycles. The van der Waals surface area contributed by atoms with Crippen LogP contribution in [0.3, 0.4) is 0 Å². The maximum absolute atomic E-state index is 12.1. The molecule has 0 bridgehead atoms. The molecule has 0 fully saturated rings. The van der Waals surface area contributed by atoms with E-state index in [0.717, 1.165) is 0 Å². The average molecular weight is 262 g/mol. The first-order valence-electron chi connectivity index (χ1n) is 6.21. The molecule has 4 N–H and O–H groups in total. The molecule has 2 aromatic rings. The topological polar surface area (TPSA) is 89.8 Å². The Bertz CT molecular complexity index is 654. The van der Waals surface area contributed by atoms with E-state index in [2.05, 4.69) is 20.6 Å². The lowest BCUT2D eigenvalue weighted by atomic mass is 10.0. The number of hydrogen-bond acceptors (Lipinski definition) is 3. The SMILES string of the molecule is CCNC(C)(C)C(=O)Nc1ccc2[nH]c(=O)[nH]c2c1. The van der Waals surface area contributed by atoms with Crippen LogP contribution in [-0.4, -0.2) is 28.0 Å². The van der Waals surface area contributed by atoms with E-state index >= 15 is 0 Å². The van der Waals surface area contributed by atoms with Crippen LogP contribution in [0.25, 0.3) is 11.0 Å². The number of nitrogens with one attached hydrogen (secondary N) is 4. The number of benzene rings is 1. The molecule has 102 valence electrons. The maximum atomic E-state index is 12.1. The van der Waals surface area contributed by atoms with Gasteiger partial charge in [0.1, 0.15) is 0 Å². The number of hydrogen-bond donors (Lipinski definition) is 4. The summed E-state index contributed by atoms with van der Waals surface area (Å²) < 4.78 is 0. The lowest BCUT2D eigenvalue weighted by Crippen LogP contribution is -2.49. The standard InChI is InChI=1S/C13H18N4O2/c1-4-14-13(2,3)11(18)15-8-5-6-9-10(7-8)17-12(19)16-9/h5-7,14H,4H2,1-3H3,(H,15,18)(H2,16,17,19). The van der Waals surface area contributed by atoms with Crippen molar-refractivity contribution in [3.8, 4) is 0 Å². The highest BCUT2D eigenvalue weighted by Gasteiger charge is 2.26. The number of amides is 1. The van der Waals surface area contributed by atoms with E-state index < -0.39 is 5.54 Å². The van der Waals surface area contributed by atoms with E-state index in [9.17, 15) is 9.59 Å². The molecule has 2 rings (SSSR count). The average Bonchev–Trinajstić information content (AvgIpc) is 2.68. The van der Waals surface area contributed by atoms with Crippen LogP contribution < -0.4 is 16.3 Å². The van der Waals surface area contributed by atoms with E-state index in [-0.39, 0.29) is 11.6 Å². The fourth-order valence-corrected chi connectivity index (χ4v) is 1.92. The second-order valence-electron chi connectivity index (χ2n) is 4.95. The zero-order chi connectivity index (χ0) is 14.0. The zero-order valence-electron chi connectivity index (χ0n) is 11.3. The van der Waals surface area contributed by atoms with Gasteiger partial charge in [0.05, 0.1) is 16.6 Å². The van der Waals surface area contributed by atoms with E-state index in [0.29, 0.717) is 23.3 Å². The van der Waals surface area contributed by atoms with Gasteiger partial charge in [0.2, 0.25) is 5.91 Å². The first-order chi connectivity index (χ1) is 8.92. The van der Waals surface area contributed by atoms with Gasteiger partial charge in [0.15, 0.2) is 0 Å². The number of likely N-dealkylation sites (N-methyl/N-ethyl adjacent to an activating group) is 1. The lowest BCUT2D eigenvalue weighted by Gasteiger charge is -2.24. The van der Waals surface area contributed by atoms with Crippen LogP contribution in [0, 0.1) is 0 Å². The number of rotatable bonds is 4. The van der Waals surface area contributed by atoms with Gasteiger partial charge in [-0.25, -0.2) is 4.79 Å². The maximum Gasteiger partial charge on any atom is 0.323 e. The third kappa shape index (κ3) is 2.85. The first kappa shape index (κ1) is 13.4. The third-order valence-electron chi connectivity index (χ3n) is 2.96. The van der Waals surface area contributed by atoms with Gasteiger partial charge in [-0.1, -0.05) is 6.92 Å². The fraction of sp³-hybridized carbons (Fsp3) is 0.385. The van der Waals surface area contributed by atoms with Crippen LogP contribution in [-0.2, 0) is 4.79 Å². The van der Waals surface area contributed by atoms with Gasteiger partial charge in [-0.15, -0.1) is 0 Å². The molecule has 0 spiro atoms. The smallest absolute Gasteiger partial charge is 0.323 e. The first-order valence-corrected chi connectivity index (χ1v) is 6.21. The molecular formula is C13H18N4O2. The molecule has 0 aliphatic heterocycles. The third-order valence-corrected chi connectivity index (χ3v) is 2.96. The molecule has 0 radical (unpaired) electrons. The van der Waals surface area contributed by atoms with E-state index in [4.69, 9.17) is 0 Å². The van der Waals surface area contributed by atoms with Gasteiger partial charge in [-0.05, 0) is 38.6 Å². The summed E-state index contributed by atoms with van der Waals surface area (Å²) >= 11 is 0. The Labute approximate surface area is 110 Å². The number of fused-ring (bicyclic) bond motifs is 1. The van der Waals surface area contributed by atoms with Crippen molar-refractivity contribution in [2.24, 2.45) is 0 Å². The van der Waals surface area contributed by atoms with Crippen LogP contribution in [0.1, 0.15) is 20.8 Å². The number of imidazole rings is 1. The van der Waals surface area contributed by atoms with Crippen molar-refractivity contribution < 1.29 is 4.79 Å². The van der Waals surface area contributed by atoms with Gasteiger partial charge in [0.25, 0.3) is 0 Å². The summed E-state index contributed by atoms with van der Waals surface area (Å²) in [5.41, 5.74) is 1.14. The van der Waals surface area contributed by atoms with Crippen molar-refractivity contribution >= 4 is 22.6 Å². The molecule has 0 saturated carbocycles. The molecule has 0 unspecified atom stereocenters. The van der Waals surface area contributed by atoms with Crippen LogP contribution in [0.2, 0.25) is 0 Å². The summed E-state index contributed by atoms with van der Waals surface area (Å²) in [5.74, 6) is -0.119. The quantitative estimate of drug-likeness (QED) is 0.667. The minimum atomic E-state index is -0.644. The van der Waals surface area contributed by atoms with Crippen LogP contribution in [0.5, 0.6) is 0 Å². The molecule has 1 aromatic heterocycles. The van der Waals surface area contributed by atoms with Crippen molar-refractivity contribution in [1.29, 1.82) is 0 Å². The molecule has 1 amide bonds. The Hall–Kier alpha value is -2.08. The Morgan fingerprint density at radius 1 is 1.26 bits per heavy atom. The minimum Gasteiger partial charge on any atom is -0.324 e. The Morgan fingerprint density at radius 3 is 2.63 bits per heavy atom. The molecule has 6 nitrogen and oxygen atoms in total. The molecule has 0 aliphatic rings. The van der Waals surface area contributed by atoms with Crippen LogP contribution in [0.15, 0.2) is 23.0 Å². The van der Waals surface area contributed by atoms with E-state index in [1.807, 2.05) is 20.8 Å². The summed E-state index contributed by atoms with van der Waals surface area (Å²) in [6.07, 6.45) is 0. The van der Waals surface area contributed by atoms with Gasteiger partial charge < -0.3 is 20.6 Å². The number of H-pyrrole nitrogens is 2. The van der Waals surface area contributed by atoms with Gasteiger partial charge >= 0.3 is 5.69 Å². The number of aromatic amines is 2. The monoisotopic (exact) mass is 262 g/mol. The molecule has 6 heteroatoms. The molecule has 1 heterocycles. The van der Waals surface area contributed by atoms with E-state index in [1.165, 1.54) is 0 Å². The summed E-state index contributed by atoms with van der Waals surface area (Å²) in [7, 11) is 0. The predicted octanol–water partition coefficient (Wildman–Crippen LogP) is 1.18. The molecular weight excluding hydrogens is 244 g/mol. The van der Waals surface area contributed by atoms with Crippen molar-refractivity contribution in [3.63, 3.8) is 0 Å². The number of aromatic nitrogens is 2. The number of carbonyl (C=O) groups is 1. The van der Waals surface area contributed by atoms with Crippen molar-refractivity contribution in [2.45, 2.75) is 26.3 Å². The second-order valence-corrected chi connectivity index (χ2v) is 4.95. The molecule has 0 saturated heterocycles. The highest BCUT2D eigenvalue weighted by molar-refractivity contribution is 5.98. The molecule has 0 aliphatic carbocycles. The fourth-order valence-electron chi connectivity index (χ4n) is 1.92. The Balaban J connectivity index is 2.21. The molecule has 19 heavy (non-hydrogen) atoms. The largest absolute Gasteiger partial charge is 0.324 e. The van der Waals surface area contributed by atoms with Gasteiger partial charge in [-0.3, -0.25) is 4.79 Å². The highest BCUT2D eigenvalue weighted by atomic mass is 16.2. The number of carbonyl (C=O) groups excluding carboxylic acids is 1. The number of anilines is 1. The van der Waals surface area contributed by atoms with Crippen LogP contribution >= 0.6 is 0 Å². The van der Waals surface area contributed by atoms with Gasteiger partial charge in [-0.2, -0.15) is 0 Å². The Morgan fingerprint density at radius 2 is 1.95 bits per heavy atom. The minimum absolute atomic E-state index is 0.119. The summed E-state index contributed by atoms with van der Waals surface area (Å²) in [6, 6.07) is 5.24.